The Morgan fingerprint density at radius 1 is 0.892 bits per heavy atom. The number of carbonyl (C=O) groups excluding carboxylic acids is 2. The van der Waals surface area contributed by atoms with Gasteiger partial charge in [0.15, 0.2) is 6.61 Å². The maximum Gasteiger partial charge on any atom is 0.261 e. The molecule has 0 fully saturated rings. The van der Waals surface area contributed by atoms with E-state index in [-0.39, 0.29) is 30.9 Å². The minimum Gasteiger partial charge on any atom is -0.484 e. The van der Waals surface area contributed by atoms with Gasteiger partial charge in [-0.2, -0.15) is 0 Å². The van der Waals surface area contributed by atoms with E-state index in [1.54, 1.807) is 17.0 Å². The number of hydrogen-bond donors (Lipinski definition) is 1. The monoisotopic (exact) mass is 540 g/mol. The molecule has 0 bridgehead atoms. The molecule has 37 heavy (non-hydrogen) atoms. The van der Waals surface area contributed by atoms with Crippen molar-refractivity contribution in [3.63, 3.8) is 0 Å². The van der Waals surface area contributed by atoms with Crippen LogP contribution >= 0.6 is 23.2 Å². The van der Waals surface area contributed by atoms with E-state index in [9.17, 15) is 9.59 Å². The first kappa shape index (κ1) is 28.5. The molecule has 0 saturated heterocycles. The normalized spacial score (nSPS) is 11.8. The Labute approximate surface area is 229 Å². The predicted molar refractivity (Wildman–Crippen MR) is 150 cm³/mol. The number of ether oxygens (including phenoxy) is 1. The van der Waals surface area contributed by atoms with Crippen LogP contribution in [0.25, 0.3) is 0 Å². The first-order valence-corrected chi connectivity index (χ1v) is 13.1. The molecule has 1 atom stereocenters. The fourth-order valence-electron chi connectivity index (χ4n) is 3.84. The molecule has 7 heteroatoms. The second-order valence-electron chi connectivity index (χ2n) is 9.65. The highest BCUT2D eigenvalue weighted by molar-refractivity contribution is 6.42. The molecule has 3 aromatic carbocycles. The summed E-state index contributed by atoms with van der Waals surface area (Å²) in [6.45, 7) is 8.57. The molecule has 0 saturated carbocycles. The average molecular weight is 542 g/mol. The van der Waals surface area contributed by atoms with Gasteiger partial charge in [-0.25, -0.2) is 0 Å². The topological polar surface area (TPSA) is 58.6 Å². The van der Waals surface area contributed by atoms with Crippen molar-refractivity contribution in [2.75, 3.05) is 13.2 Å². The van der Waals surface area contributed by atoms with Gasteiger partial charge in [0.25, 0.3) is 5.91 Å². The van der Waals surface area contributed by atoms with Gasteiger partial charge in [0.2, 0.25) is 5.91 Å². The highest BCUT2D eigenvalue weighted by Gasteiger charge is 2.31. The first-order valence-electron chi connectivity index (χ1n) is 12.4. The molecule has 3 rings (SSSR count). The Kier molecular flexibility index (Phi) is 10.4. The first-order chi connectivity index (χ1) is 17.6. The number of nitrogens with zero attached hydrogens (tertiary/aromatic N) is 1. The lowest BCUT2D eigenvalue weighted by Gasteiger charge is -2.32. The van der Waals surface area contributed by atoms with Gasteiger partial charge < -0.3 is 15.0 Å². The molecule has 0 spiro atoms. The summed E-state index contributed by atoms with van der Waals surface area (Å²) >= 11 is 12.4. The lowest BCUT2D eigenvalue weighted by molar-refractivity contribution is -0.142. The Hall–Kier alpha value is -3.02. The highest BCUT2D eigenvalue weighted by atomic mass is 35.5. The molecule has 196 valence electrons. The quantitative estimate of drug-likeness (QED) is 0.306. The summed E-state index contributed by atoms with van der Waals surface area (Å²) in [5, 5.41) is 3.83. The summed E-state index contributed by atoms with van der Waals surface area (Å²) in [6, 6.07) is 19.9. The molecule has 0 heterocycles. The van der Waals surface area contributed by atoms with Gasteiger partial charge in [-0.1, -0.05) is 79.5 Å². The SMILES string of the molecule is Cc1ccc(OCC(=O)N(Cc2ccc(Cl)c(Cl)c2)C(Cc2ccccc2)C(=O)NCC(C)C)cc1C. The molecule has 0 radical (unpaired) electrons. The maximum atomic E-state index is 13.7. The van der Waals surface area contributed by atoms with Crippen LogP contribution in [0.5, 0.6) is 5.75 Å². The zero-order valence-electron chi connectivity index (χ0n) is 21.8. The molecular formula is C30H34Cl2N2O3. The van der Waals surface area contributed by atoms with Gasteiger partial charge in [-0.15, -0.1) is 0 Å². The van der Waals surface area contributed by atoms with Crippen LogP contribution in [0.2, 0.25) is 10.0 Å². The van der Waals surface area contributed by atoms with Crippen molar-refractivity contribution >= 4 is 35.0 Å². The lowest BCUT2D eigenvalue weighted by atomic mass is 10.0. The Balaban J connectivity index is 1.92. The van der Waals surface area contributed by atoms with E-state index in [1.807, 2.05) is 82.3 Å². The average Bonchev–Trinajstić information content (AvgIpc) is 2.87. The summed E-state index contributed by atoms with van der Waals surface area (Å²) in [5.74, 6) is 0.366. The zero-order chi connectivity index (χ0) is 26.9. The molecular weight excluding hydrogens is 507 g/mol. The summed E-state index contributed by atoms with van der Waals surface area (Å²) in [5.41, 5.74) is 3.94. The summed E-state index contributed by atoms with van der Waals surface area (Å²) in [7, 11) is 0. The van der Waals surface area contributed by atoms with Crippen LogP contribution in [0.4, 0.5) is 0 Å². The Morgan fingerprint density at radius 2 is 1.62 bits per heavy atom. The second kappa shape index (κ2) is 13.5. The van der Waals surface area contributed by atoms with Crippen LogP contribution in [-0.4, -0.2) is 35.9 Å². The van der Waals surface area contributed by atoms with Crippen molar-refractivity contribution in [1.82, 2.24) is 10.2 Å². The van der Waals surface area contributed by atoms with Crippen molar-refractivity contribution in [2.24, 2.45) is 5.92 Å². The number of amides is 2. The third-order valence-corrected chi connectivity index (χ3v) is 6.87. The predicted octanol–water partition coefficient (Wildman–Crippen LogP) is 6.40. The number of aryl methyl sites for hydroxylation is 2. The van der Waals surface area contributed by atoms with Gasteiger partial charge in [0.05, 0.1) is 10.0 Å². The van der Waals surface area contributed by atoms with Gasteiger partial charge in [-0.05, 0) is 66.3 Å². The molecule has 0 aliphatic heterocycles. The third-order valence-electron chi connectivity index (χ3n) is 6.13. The Bertz CT molecular complexity index is 1210. The van der Waals surface area contributed by atoms with E-state index in [0.29, 0.717) is 28.8 Å². The molecule has 3 aromatic rings. The van der Waals surface area contributed by atoms with E-state index < -0.39 is 6.04 Å². The van der Waals surface area contributed by atoms with Crippen LogP contribution in [0, 0.1) is 19.8 Å². The van der Waals surface area contributed by atoms with Crippen LogP contribution < -0.4 is 10.1 Å². The number of rotatable bonds is 11. The van der Waals surface area contributed by atoms with E-state index >= 15 is 0 Å². The van der Waals surface area contributed by atoms with Gasteiger partial charge in [0, 0.05) is 19.5 Å². The third kappa shape index (κ3) is 8.51. The van der Waals surface area contributed by atoms with Crippen LogP contribution in [0.1, 0.15) is 36.1 Å². The van der Waals surface area contributed by atoms with E-state index in [2.05, 4.69) is 5.32 Å². The van der Waals surface area contributed by atoms with Crippen LogP contribution in [0.3, 0.4) is 0 Å². The summed E-state index contributed by atoms with van der Waals surface area (Å²) < 4.78 is 5.87. The number of carbonyl (C=O) groups is 2. The molecule has 0 aliphatic carbocycles. The number of nitrogens with one attached hydrogen (secondary N) is 1. The molecule has 0 aliphatic rings. The van der Waals surface area contributed by atoms with Crippen molar-refractivity contribution in [3.8, 4) is 5.75 Å². The van der Waals surface area contributed by atoms with E-state index in [0.717, 1.165) is 22.3 Å². The molecule has 1 N–H and O–H groups in total. The fraction of sp³-hybridized carbons (Fsp3) is 0.333. The number of hydrogen-bond acceptors (Lipinski definition) is 3. The Morgan fingerprint density at radius 3 is 2.27 bits per heavy atom. The van der Waals surface area contributed by atoms with Crippen LogP contribution in [-0.2, 0) is 22.6 Å². The molecule has 2 amide bonds. The summed E-state index contributed by atoms with van der Waals surface area (Å²) in [4.78, 5) is 28.7. The van der Waals surface area contributed by atoms with Gasteiger partial charge in [0.1, 0.15) is 11.8 Å². The van der Waals surface area contributed by atoms with Crippen LogP contribution in [0.15, 0.2) is 66.7 Å². The number of halogens is 2. The largest absolute Gasteiger partial charge is 0.484 e. The summed E-state index contributed by atoms with van der Waals surface area (Å²) in [6.07, 6.45) is 0.363. The molecule has 0 aromatic heterocycles. The smallest absolute Gasteiger partial charge is 0.261 e. The molecule has 1 unspecified atom stereocenters. The zero-order valence-corrected chi connectivity index (χ0v) is 23.3. The van der Waals surface area contributed by atoms with E-state index in [1.165, 1.54) is 0 Å². The van der Waals surface area contributed by atoms with Crippen molar-refractivity contribution < 1.29 is 14.3 Å². The molecule has 5 nitrogen and oxygen atoms in total. The second-order valence-corrected chi connectivity index (χ2v) is 10.5. The highest BCUT2D eigenvalue weighted by Crippen LogP contribution is 2.24. The van der Waals surface area contributed by atoms with Crippen molar-refractivity contribution in [2.45, 2.75) is 46.7 Å². The van der Waals surface area contributed by atoms with Crippen molar-refractivity contribution in [1.29, 1.82) is 0 Å². The minimum atomic E-state index is -0.744. The maximum absolute atomic E-state index is 13.7. The lowest BCUT2D eigenvalue weighted by Crippen LogP contribution is -2.52. The van der Waals surface area contributed by atoms with Crippen molar-refractivity contribution in [3.05, 3.63) is 99.0 Å². The number of benzene rings is 3. The fourth-order valence-corrected chi connectivity index (χ4v) is 4.16. The van der Waals surface area contributed by atoms with Gasteiger partial charge >= 0.3 is 0 Å². The standard InChI is InChI=1S/C30H34Cl2N2O3/c1-20(2)17-33-30(36)28(16-23-8-6-5-7-9-23)34(18-24-11-13-26(31)27(32)15-24)29(35)19-37-25-12-10-21(3)22(4)14-25/h5-15,20,28H,16-19H2,1-4H3,(H,33,36). The van der Waals surface area contributed by atoms with Gasteiger partial charge in [-0.3, -0.25) is 9.59 Å². The minimum absolute atomic E-state index is 0.179. The van der Waals surface area contributed by atoms with E-state index in [4.69, 9.17) is 27.9 Å².